The van der Waals surface area contributed by atoms with E-state index >= 15 is 0 Å². The molecule has 2 unspecified atom stereocenters. The highest BCUT2D eigenvalue weighted by molar-refractivity contribution is 7.89. The second-order valence-corrected chi connectivity index (χ2v) is 11.9. The molecule has 0 spiro atoms. The number of hydrogen-bond acceptors (Lipinski definition) is 8. The number of nitrogens with one attached hydrogen (secondary N) is 2. The van der Waals surface area contributed by atoms with E-state index in [1.54, 1.807) is 30.3 Å². The molecule has 2 aromatic heterocycles. The highest BCUT2D eigenvalue weighted by atomic mass is 32.2. The lowest BCUT2D eigenvalue weighted by molar-refractivity contribution is -0.384. The smallest absolute Gasteiger partial charge is 0.312 e. The van der Waals surface area contributed by atoms with Crippen molar-refractivity contribution in [3.63, 3.8) is 0 Å². The van der Waals surface area contributed by atoms with Crippen LogP contribution in [0.3, 0.4) is 0 Å². The molecule has 2 aliphatic heterocycles. The number of pyridine rings is 1. The molecule has 198 valence electrons. The summed E-state index contributed by atoms with van der Waals surface area (Å²) in [5, 5.41) is 18.1. The molecule has 2 N–H and O–H groups in total. The molecule has 4 heterocycles. The van der Waals surface area contributed by atoms with Gasteiger partial charge in [-0.25, -0.2) is 22.4 Å². The summed E-state index contributed by atoms with van der Waals surface area (Å²) in [5.41, 5.74) is 4.24. The lowest BCUT2D eigenvalue weighted by Crippen LogP contribution is -2.36. The Morgan fingerprint density at radius 1 is 1.05 bits per heavy atom. The average molecular weight is 527 g/mol. The van der Waals surface area contributed by atoms with Gasteiger partial charge in [-0.1, -0.05) is 43.2 Å². The van der Waals surface area contributed by atoms with Crippen LogP contribution in [0.4, 0.5) is 11.4 Å². The summed E-state index contributed by atoms with van der Waals surface area (Å²) in [6.07, 6.45) is 10.7. The van der Waals surface area contributed by atoms with Gasteiger partial charge in [0.25, 0.3) is 0 Å². The third-order valence-electron chi connectivity index (χ3n) is 7.56. The zero-order valence-electron chi connectivity index (χ0n) is 20.9. The number of nitrogens with zero attached hydrogens (tertiary/aromatic N) is 4. The van der Waals surface area contributed by atoms with Crippen LogP contribution in [-0.4, -0.2) is 53.0 Å². The summed E-state index contributed by atoms with van der Waals surface area (Å²) in [7, 11) is -3.77. The first kappa shape index (κ1) is 25.6. The molecule has 0 radical (unpaired) electrons. The van der Waals surface area contributed by atoms with Crippen molar-refractivity contribution in [2.24, 2.45) is 5.92 Å². The summed E-state index contributed by atoms with van der Waals surface area (Å²) in [5.74, 6) is 0.392. The first-order chi connectivity index (χ1) is 17.9. The molecule has 2 fully saturated rings. The van der Waals surface area contributed by atoms with E-state index in [1.165, 1.54) is 31.9 Å². The average Bonchev–Trinajstić information content (AvgIpc) is 3.02. The predicted octanol–water partition coefficient (Wildman–Crippen LogP) is 4.28. The van der Waals surface area contributed by atoms with Crippen molar-refractivity contribution in [2.75, 3.05) is 25.1 Å². The van der Waals surface area contributed by atoms with Crippen LogP contribution in [0.5, 0.6) is 0 Å². The Morgan fingerprint density at radius 2 is 1.89 bits per heavy atom. The largest absolute Gasteiger partial charge is 0.314 e. The summed E-state index contributed by atoms with van der Waals surface area (Å²) in [4.78, 5) is 15.6. The van der Waals surface area contributed by atoms with Crippen molar-refractivity contribution in [3.05, 3.63) is 64.5 Å². The zero-order chi connectivity index (χ0) is 25.8. The summed E-state index contributed by atoms with van der Waals surface area (Å²) in [6, 6.07) is 11.1. The van der Waals surface area contributed by atoms with Crippen LogP contribution in [0.25, 0.3) is 11.0 Å². The van der Waals surface area contributed by atoms with E-state index in [9.17, 15) is 18.5 Å². The van der Waals surface area contributed by atoms with Crippen LogP contribution in [0, 0.1) is 16.0 Å². The highest BCUT2D eigenvalue weighted by Gasteiger charge is 2.28. The number of fused-ring (bicyclic) bond motifs is 1. The summed E-state index contributed by atoms with van der Waals surface area (Å²) in [6.45, 7) is 2.60. The monoisotopic (exact) mass is 526 g/mol. The standard InChI is InChI=1S/C26H34N6O4S/c33-32(34)24-18-28-26-22(13-17-31(26)37(35,36)19-20-8-3-1-4-9-20)25(24)29-30-15-7-10-21(12-16-30)23-11-5-2-6-14-27-23/h1,3-4,8-9,13,17-18,21,23,27H,2,5-7,10-12,14-16,19H2,(H,28,29). The van der Waals surface area contributed by atoms with Crippen molar-refractivity contribution in [3.8, 4) is 0 Å². The van der Waals surface area contributed by atoms with Gasteiger partial charge < -0.3 is 10.7 Å². The molecule has 2 saturated heterocycles. The Morgan fingerprint density at radius 3 is 2.70 bits per heavy atom. The number of hydrazine groups is 1. The Bertz CT molecular complexity index is 1340. The number of nitro groups is 1. The Labute approximate surface area is 217 Å². The number of hydrogen-bond donors (Lipinski definition) is 2. The molecule has 0 amide bonds. The second kappa shape index (κ2) is 11.2. The van der Waals surface area contributed by atoms with Crippen molar-refractivity contribution in [1.82, 2.24) is 19.3 Å². The molecular weight excluding hydrogens is 492 g/mol. The van der Waals surface area contributed by atoms with Crippen molar-refractivity contribution in [2.45, 2.75) is 56.7 Å². The molecular formula is C26H34N6O4S. The van der Waals surface area contributed by atoms with Crippen LogP contribution >= 0.6 is 0 Å². The van der Waals surface area contributed by atoms with E-state index in [-0.39, 0.29) is 22.8 Å². The number of benzene rings is 1. The molecule has 5 rings (SSSR count). The second-order valence-electron chi connectivity index (χ2n) is 10.1. The fourth-order valence-corrected chi connectivity index (χ4v) is 7.05. The molecule has 3 aromatic rings. The summed E-state index contributed by atoms with van der Waals surface area (Å²) < 4.78 is 27.5. The molecule has 0 aliphatic carbocycles. The fourth-order valence-electron chi connectivity index (χ4n) is 5.64. The van der Waals surface area contributed by atoms with Gasteiger partial charge in [0.15, 0.2) is 5.65 Å². The van der Waals surface area contributed by atoms with E-state index in [1.807, 2.05) is 11.1 Å². The molecule has 11 heteroatoms. The topological polar surface area (TPSA) is 122 Å². The maximum atomic E-state index is 13.2. The van der Waals surface area contributed by atoms with Crippen LogP contribution in [0.2, 0.25) is 0 Å². The molecule has 2 aliphatic rings. The third kappa shape index (κ3) is 5.78. The van der Waals surface area contributed by atoms with E-state index in [4.69, 9.17) is 0 Å². The summed E-state index contributed by atoms with van der Waals surface area (Å²) >= 11 is 0. The SMILES string of the molecule is O=[N+]([O-])c1cnc2c(ccn2S(=O)(=O)Cc2ccccc2)c1NN1CCCC(C2CCCCCN2)CC1. The van der Waals surface area contributed by atoms with Crippen LogP contribution < -0.4 is 10.7 Å². The molecule has 37 heavy (non-hydrogen) atoms. The predicted molar refractivity (Wildman–Crippen MR) is 144 cm³/mol. The minimum absolute atomic E-state index is 0.170. The Kier molecular flexibility index (Phi) is 7.73. The maximum Gasteiger partial charge on any atom is 0.312 e. The van der Waals surface area contributed by atoms with Crippen LogP contribution in [0.15, 0.2) is 48.8 Å². The van der Waals surface area contributed by atoms with E-state index < -0.39 is 14.9 Å². The molecule has 0 bridgehead atoms. The minimum atomic E-state index is -3.77. The van der Waals surface area contributed by atoms with E-state index in [0.717, 1.165) is 49.1 Å². The van der Waals surface area contributed by atoms with Gasteiger partial charge >= 0.3 is 5.69 Å². The van der Waals surface area contributed by atoms with Crippen molar-refractivity contribution >= 4 is 32.4 Å². The van der Waals surface area contributed by atoms with Gasteiger partial charge in [0.05, 0.1) is 16.1 Å². The van der Waals surface area contributed by atoms with Gasteiger partial charge in [0, 0.05) is 25.3 Å². The number of aromatic nitrogens is 2. The molecule has 10 nitrogen and oxygen atoms in total. The van der Waals surface area contributed by atoms with E-state index in [0.29, 0.717) is 22.9 Å². The quantitative estimate of drug-likeness (QED) is 0.345. The van der Waals surface area contributed by atoms with Crippen LogP contribution in [-0.2, 0) is 15.8 Å². The van der Waals surface area contributed by atoms with Gasteiger partial charge in [-0.2, -0.15) is 0 Å². The Hall–Kier alpha value is -3.02. The van der Waals surface area contributed by atoms with Gasteiger partial charge in [-0.3, -0.25) is 10.1 Å². The highest BCUT2D eigenvalue weighted by Crippen LogP contribution is 2.34. The lowest BCUT2D eigenvalue weighted by Gasteiger charge is -2.26. The van der Waals surface area contributed by atoms with Gasteiger partial charge in [-0.05, 0) is 56.2 Å². The minimum Gasteiger partial charge on any atom is -0.314 e. The zero-order valence-corrected chi connectivity index (χ0v) is 21.7. The van der Waals surface area contributed by atoms with Crippen LogP contribution in [0.1, 0.15) is 50.5 Å². The first-order valence-electron chi connectivity index (χ1n) is 13.1. The molecule has 2 atom stereocenters. The van der Waals surface area contributed by atoms with Gasteiger partial charge in [-0.15, -0.1) is 0 Å². The first-order valence-corrected chi connectivity index (χ1v) is 14.7. The van der Waals surface area contributed by atoms with Gasteiger partial charge in [0.2, 0.25) is 10.0 Å². The molecule has 0 saturated carbocycles. The van der Waals surface area contributed by atoms with Gasteiger partial charge in [0.1, 0.15) is 11.9 Å². The van der Waals surface area contributed by atoms with Crippen molar-refractivity contribution in [1.29, 1.82) is 0 Å². The number of anilines is 1. The lowest BCUT2D eigenvalue weighted by atomic mass is 9.89. The maximum absolute atomic E-state index is 13.2. The number of rotatable bonds is 7. The molecule has 1 aromatic carbocycles. The normalized spacial score (nSPS) is 21.8. The Balaban J connectivity index is 1.39. The third-order valence-corrected chi connectivity index (χ3v) is 9.15. The van der Waals surface area contributed by atoms with E-state index in [2.05, 4.69) is 15.7 Å². The van der Waals surface area contributed by atoms with Crippen molar-refractivity contribution < 1.29 is 13.3 Å². The fraction of sp³-hybridized carbons (Fsp3) is 0.500.